The molecule has 2 heterocycles. The van der Waals surface area contributed by atoms with E-state index in [0.717, 1.165) is 17.1 Å². The van der Waals surface area contributed by atoms with E-state index >= 15 is 0 Å². The van der Waals surface area contributed by atoms with Gasteiger partial charge in [0.2, 0.25) is 5.91 Å². The van der Waals surface area contributed by atoms with Gasteiger partial charge in [0.25, 0.3) is 0 Å². The van der Waals surface area contributed by atoms with Gasteiger partial charge < -0.3 is 14.3 Å². The Morgan fingerprint density at radius 3 is 2.77 bits per heavy atom. The second-order valence-electron chi connectivity index (χ2n) is 5.40. The molecule has 0 saturated carbocycles. The van der Waals surface area contributed by atoms with E-state index in [9.17, 15) is 4.79 Å². The topological polar surface area (TPSA) is 73.0 Å². The summed E-state index contributed by atoms with van der Waals surface area (Å²) in [7, 11) is 0. The summed E-state index contributed by atoms with van der Waals surface area (Å²) in [5.74, 6) is 1.49. The number of aryl methyl sites for hydroxylation is 1. The summed E-state index contributed by atoms with van der Waals surface area (Å²) < 4.78 is 7.29. The first-order valence-electron chi connectivity index (χ1n) is 7.85. The lowest BCUT2D eigenvalue weighted by molar-refractivity contribution is -0.113. The van der Waals surface area contributed by atoms with Crippen LogP contribution in [0.25, 0.3) is 11.4 Å². The number of carbonyl (C=O) groups excluding carboxylic acids is 1. The minimum atomic E-state index is -0.189. The Morgan fingerprint density at radius 2 is 2.12 bits per heavy atom. The van der Waals surface area contributed by atoms with Gasteiger partial charge in [0, 0.05) is 11.6 Å². The number of halogens is 2. The molecule has 0 aliphatic rings. The van der Waals surface area contributed by atoms with Crippen LogP contribution in [0.1, 0.15) is 12.7 Å². The van der Waals surface area contributed by atoms with E-state index in [4.69, 9.17) is 27.6 Å². The van der Waals surface area contributed by atoms with Crippen LogP contribution >= 0.6 is 35.0 Å². The zero-order chi connectivity index (χ0) is 18.7. The highest BCUT2D eigenvalue weighted by molar-refractivity contribution is 7.99. The molecule has 136 valence electrons. The Bertz CT molecular complexity index is 939. The molecule has 1 aromatic carbocycles. The molecule has 2 aromatic heterocycles. The summed E-state index contributed by atoms with van der Waals surface area (Å²) in [6, 6.07) is 6.78. The Balaban J connectivity index is 1.69. The molecular weight excluding hydrogens is 395 g/mol. The maximum Gasteiger partial charge on any atom is 0.234 e. The van der Waals surface area contributed by atoms with Crippen molar-refractivity contribution in [2.24, 2.45) is 0 Å². The van der Waals surface area contributed by atoms with Crippen LogP contribution in [-0.4, -0.2) is 26.4 Å². The molecule has 0 aliphatic carbocycles. The van der Waals surface area contributed by atoms with Crippen LogP contribution in [0.15, 0.2) is 40.1 Å². The van der Waals surface area contributed by atoms with Gasteiger partial charge in [-0.05, 0) is 38.1 Å². The van der Waals surface area contributed by atoms with E-state index < -0.39 is 0 Å². The van der Waals surface area contributed by atoms with Gasteiger partial charge in [0.1, 0.15) is 5.76 Å². The number of furan rings is 1. The van der Waals surface area contributed by atoms with Crippen LogP contribution in [0.4, 0.5) is 5.69 Å². The lowest BCUT2D eigenvalue weighted by atomic mass is 10.2. The number of rotatable bonds is 6. The third-order valence-electron chi connectivity index (χ3n) is 3.67. The number of amides is 1. The second kappa shape index (κ2) is 8.16. The maximum atomic E-state index is 12.2. The Hall–Kier alpha value is -1.96. The number of anilines is 1. The molecule has 1 N–H and O–H groups in total. The van der Waals surface area contributed by atoms with Crippen LogP contribution in [0, 0.1) is 6.92 Å². The van der Waals surface area contributed by atoms with Crippen LogP contribution in [0.5, 0.6) is 0 Å². The second-order valence-corrected chi connectivity index (χ2v) is 7.19. The number of nitrogens with zero attached hydrogens (tertiary/aromatic N) is 3. The smallest absolute Gasteiger partial charge is 0.234 e. The number of hydrogen-bond acceptors (Lipinski definition) is 5. The molecule has 3 aromatic rings. The fourth-order valence-corrected chi connectivity index (χ4v) is 3.66. The largest absolute Gasteiger partial charge is 0.469 e. The van der Waals surface area contributed by atoms with Crippen LogP contribution < -0.4 is 5.32 Å². The quantitative estimate of drug-likeness (QED) is 0.584. The predicted molar refractivity (Wildman–Crippen MR) is 104 cm³/mol. The Morgan fingerprint density at radius 1 is 1.31 bits per heavy atom. The molecular formula is C17H16Cl2N4O2S. The summed E-state index contributed by atoms with van der Waals surface area (Å²) in [6.45, 7) is 4.56. The molecule has 1 amide bonds. The average Bonchev–Trinajstić information content (AvgIpc) is 3.20. The average molecular weight is 411 g/mol. The SMILES string of the molecule is CCn1c(SCC(=O)Nc2ccc(Cl)cc2Cl)nnc1-c1ccoc1C. The van der Waals surface area contributed by atoms with Gasteiger partial charge in [-0.1, -0.05) is 35.0 Å². The number of thioether (sulfide) groups is 1. The van der Waals surface area contributed by atoms with Gasteiger partial charge in [0.15, 0.2) is 11.0 Å². The van der Waals surface area contributed by atoms with Gasteiger partial charge in [-0.3, -0.25) is 4.79 Å². The molecule has 0 atom stereocenters. The van der Waals surface area contributed by atoms with Gasteiger partial charge in [-0.2, -0.15) is 0 Å². The fraction of sp³-hybridized carbons (Fsp3) is 0.235. The monoisotopic (exact) mass is 410 g/mol. The molecule has 0 aliphatic heterocycles. The molecule has 0 spiro atoms. The molecule has 0 fully saturated rings. The van der Waals surface area contributed by atoms with E-state index in [2.05, 4.69) is 15.5 Å². The van der Waals surface area contributed by atoms with Crippen LogP contribution in [-0.2, 0) is 11.3 Å². The van der Waals surface area contributed by atoms with Crippen molar-refractivity contribution >= 4 is 46.6 Å². The van der Waals surface area contributed by atoms with Gasteiger partial charge in [0.05, 0.1) is 28.3 Å². The van der Waals surface area contributed by atoms with Gasteiger partial charge >= 0.3 is 0 Å². The zero-order valence-electron chi connectivity index (χ0n) is 14.1. The highest BCUT2D eigenvalue weighted by Gasteiger charge is 2.17. The lowest BCUT2D eigenvalue weighted by Crippen LogP contribution is -2.15. The standard InChI is InChI=1S/C17H16Cl2N4O2S/c1-3-23-16(12-6-7-25-10(12)2)21-22-17(23)26-9-15(24)20-14-5-4-11(18)8-13(14)19/h4-8H,3,9H2,1-2H3,(H,20,24). The summed E-state index contributed by atoms with van der Waals surface area (Å²) >= 11 is 13.2. The molecule has 0 unspecified atom stereocenters. The number of hydrogen-bond donors (Lipinski definition) is 1. The van der Waals surface area contributed by atoms with Crippen LogP contribution in [0.3, 0.4) is 0 Å². The first kappa shape index (κ1) is 18.8. The molecule has 6 nitrogen and oxygen atoms in total. The molecule has 0 bridgehead atoms. The highest BCUT2D eigenvalue weighted by Crippen LogP contribution is 2.28. The number of nitrogens with one attached hydrogen (secondary N) is 1. The van der Waals surface area contributed by atoms with E-state index in [1.807, 2.05) is 24.5 Å². The van der Waals surface area contributed by atoms with Crippen molar-refractivity contribution in [1.82, 2.24) is 14.8 Å². The number of benzene rings is 1. The molecule has 26 heavy (non-hydrogen) atoms. The van der Waals surface area contributed by atoms with Crippen molar-refractivity contribution in [3.8, 4) is 11.4 Å². The van der Waals surface area contributed by atoms with Crippen molar-refractivity contribution in [2.45, 2.75) is 25.5 Å². The van der Waals surface area contributed by atoms with E-state index in [1.165, 1.54) is 11.8 Å². The van der Waals surface area contributed by atoms with Crippen molar-refractivity contribution < 1.29 is 9.21 Å². The molecule has 0 radical (unpaired) electrons. The zero-order valence-corrected chi connectivity index (χ0v) is 16.5. The Labute approximate surface area is 164 Å². The molecule has 3 rings (SSSR count). The number of carbonyl (C=O) groups is 1. The third-order valence-corrected chi connectivity index (χ3v) is 5.18. The third kappa shape index (κ3) is 4.06. The summed E-state index contributed by atoms with van der Waals surface area (Å²) in [5.41, 5.74) is 1.41. The van der Waals surface area contributed by atoms with Gasteiger partial charge in [-0.25, -0.2) is 0 Å². The summed E-state index contributed by atoms with van der Waals surface area (Å²) in [6.07, 6.45) is 1.62. The van der Waals surface area contributed by atoms with E-state index in [0.29, 0.717) is 27.4 Å². The van der Waals surface area contributed by atoms with E-state index in [1.54, 1.807) is 24.5 Å². The van der Waals surface area contributed by atoms with E-state index in [-0.39, 0.29) is 11.7 Å². The fourth-order valence-electron chi connectivity index (χ4n) is 2.40. The maximum absolute atomic E-state index is 12.2. The highest BCUT2D eigenvalue weighted by atomic mass is 35.5. The molecule has 9 heteroatoms. The number of aromatic nitrogens is 3. The minimum Gasteiger partial charge on any atom is -0.469 e. The predicted octanol–water partition coefficient (Wildman–Crippen LogP) is 4.90. The summed E-state index contributed by atoms with van der Waals surface area (Å²) in [4.78, 5) is 12.2. The van der Waals surface area contributed by atoms with Crippen molar-refractivity contribution in [3.63, 3.8) is 0 Å². The van der Waals surface area contributed by atoms with Gasteiger partial charge in [-0.15, -0.1) is 10.2 Å². The van der Waals surface area contributed by atoms with Crippen molar-refractivity contribution in [3.05, 3.63) is 46.3 Å². The van der Waals surface area contributed by atoms with Crippen LogP contribution in [0.2, 0.25) is 10.0 Å². The minimum absolute atomic E-state index is 0.182. The normalized spacial score (nSPS) is 10.9. The Kier molecular flexibility index (Phi) is 5.90. The lowest BCUT2D eigenvalue weighted by Gasteiger charge is -2.08. The van der Waals surface area contributed by atoms with Crippen molar-refractivity contribution in [1.29, 1.82) is 0 Å². The first-order chi connectivity index (χ1) is 12.5. The first-order valence-corrected chi connectivity index (χ1v) is 9.59. The van der Waals surface area contributed by atoms with Crippen molar-refractivity contribution in [2.75, 3.05) is 11.1 Å². The summed E-state index contributed by atoms with van der Waals surface area (Å²) in [5, 5.41) is 12.8. The molecule has 0 saturated heterocycles.